The number of hydrogen-bond acceptors (Lipinski definition) is 5. The second kappa shape index (κ2) is 5.60. The zero-order valence-corrected chi connectivity index (χ0v) is 13.3. The molecule has 122 valence electrons. The van der Waals surface area contributed by atoms with Crippen LogP contribution in [-0.4, -0.2) is 43.3 Å². The average molecular weight is 316 g/mol. The molecule has 0 atom stereocenters. The molecule has 3 heterocycles. The number of aromatic nitrogens is 2. The predicted molar refractivity (Wildman–Crippen MR) is 87.4 cm³/mol. The number of hydrogen-bond donors (Lipinski definition) is 1. The molecular weight excluding hydrogens is 295 g/mol. The van der Waals surface area contributed by atoms with Gasteiger partial charge in [-0.3, -0.25) is 0 Å². The van der Waals surface area contributed by atoms with Crippen molar-refractivity contribution in [2.24, 2.45) is 5.41 Å². The van der Waals surface area contributed by atoms with Crippen LogP contribution >= 0.6 is 0 Å². The number of methoxy groups -OCH3 is 1. The van der Waals surface area contributed by atoms with Gasteiger partial charge in [0.05, 0.1) is 12.6 Å². The summed E-state index contributed by atoms with van der Waals surface area (Å²) in [5, 5.41) is 4.24. The minimum absolute atomic E-state index is 0.219. The zero-order valence-electron chi connectivity index (χ0n) is 13.3. The number of benzene rings is 1. The van der Waals surface area contributed by atoms with E-state index >= 15 is 0 Å². The van der Waals surface area contributed by atoms with Crippen molar-refractivity contribution in [3.05, 3.63) is 24.3 Å². The number of anilines is 1. The summed E-state index contributed by atoms with van der Waals surface area (Å²) in [6, 6.07) is 3.13. The van der Waals surface area contributed by atoms with Crippen LogP contribution in [0, 0.1) is 11.2 Å². The van der Waals surface area contributed by atoms with Crippen molar-refractivity contribution in [3.8, 4) is 5.75 Å². The minimum atomic E-state index is -0.371. The maximum atomic E-state index is 14.1. The van der Waals surface area contributed by atoms with Crippen molar-refractivity contribution in [2.75, 3.05) is 38.2 Å². The molecule has 6 heteroatoms. The van der Waals surface area contributed by atoms with E-state index in [1.54, 1.807) is 12.4 Å². The van der Waals surface area contributed by atoms with Crippen LogP contribution in [0.4, 0.5) is 10.2 Å². The molecule has 1 spiro atoms. The van der Waals surface area contributed by atoms with Crippen LogP contribution in [0.2, 0.25) is 0 Å². The smallest absolute Gasteiger partial charge is 0.165 e. The molecule has 4 rings (SSSR count). The molecule has 0 saturated carbocycles. The van der Waals surface area contributed by atoms with Crippen molar-refractivity contribution in [3.63, 3.8) is 0 Å². The fourth-order valence-electron chi connectivity index (χ4n) is 3.87. The molecule has 2 aromatic rings. The Labute approximate surface area is 134 Å². The van der Waals surface area contributed by atoms with Gasteiger partial charge in [0.1, 0.15) is 12.1 Å². The number of fused-ring (bicyclic) bond motifs is 1. The van der Waals surface area contributed by atoms with Crippen molar-refractivity contribution in [2.45, 2.75) is 19.3 Å². The maximum absolute atomic E-state index is 14.1. The lowest BCUT2D eigenvalue weighted by Gasteiger charge is -2.39. The second-order valence-electron chi connectivity index (χ2n) is 6.62. The fraction of sp³-hybridized carbons (Fsp3) is 0.529. The van der Waals surface area contributed by atoms with Crippen LogP contribution in [0.3, 0.4) is 0 Å². The molecular formula is C17H21FN4O. The van der Waals surface area contributed by atoms with Crippen molar-refractivity contribution in [1.82, 2.24) is 15.3 Å². The van der Waals surface area contributed by atoms with Gasteiger partial charge >= 0.3 is 0 Å². The van der Waals surface area contributed by atoms with Gasteiger partial charge in [0.2, 0.25) is 0 Å². The summed E-state index contributed by atoms with van der Waals surface area (Å²) < 4.78 is 19.1. The molecule has 1 N–H and O–H groups in total. The highest BCUT2D eigenvalue weighted by Gasteiger charge is 2.37. The Balaban J connectivity index is 1.65. The van der Waals surface area contributed by atoms with E-state index in [1.807, 2.05) is 0 Å². The first kappa shape index (κ1) is 14.6. The van der Waals surface area contributed by atoms with Crippen LogP contribution in [-0.2, 0) is 0 Å². The summed E-state index contributed by atoms with van der Waals surface area (Å²) in [5.41, 5.74) is 1.17. The molecule has 0 radical (unpaired) electrons. The van der Waals surface area contributed by atoms with Crippen LogP contribution in [0.15, 0.2) is 18.5 Å². The Bertz CT molecular complexity index is 720. The normalized spacial score (nSPS) is 20.3. The largest absolute Gasteiger partial charge is 0.494 e. The molecule has 0 amide bonds. The topological polar surface area (TPSA) is 50.3 Å². The lowest BCUT2D eigenvalue weighted by Crippen LogP contribution is -2.41. The van der Waals surface area contributed by atoms with E-state index in [4.69, 9.17) is 4.74 Å². The van der Waals surface area contributed by atoms with Gasteiger partial charge in [-0.25, -0.2) is 14.4 Å². The van der Waals surface area contributed by atoms with Gasteiger partial charge in [-0.2, -0.15) is 0 Å². The van der Waals surface area contributed by atoms with Gasteiger partial charge in [0, 0.05) is 31.1 Å². The van der Waals surface area contributed by atoms with E-state index in [9.17, 15) is 4.39 Å². The second-order valence-corrected chi connectivity index (χ2v) is 6.62. The SMILES string of the molecule is COc1cc2ncnc(N3CCC4(CCNC4)CC3)c2cc1F. The predicted octanol–water partition coefficient (Wildman–Crippen LogP) is 2.36. The van der Waals surface area contributed by atoms with Crippen molar-refractivity contribution < 1.29 is 9.13 Å². The Kier molecular flexibility index (Phi) is 3.56. The first-order valence-electron chi connectivity index (χ1n) is 8.15. The van der Waals surface area contributed by atoms with Crippen LogP contribution in [0.1, 0.15) is 19.3 Å². The first-order chi connectivity index (χ1) is 11.2. The lowest BCUT2D eigenvalue weighted by molar-refractivity contribution is 0.247. The molecule has 2 saturated heterocycles. The summed E-state index contributed by atoms with van der Waals surface area (Å²) in [6.45, 7) is 4.17. The van der Waals surface area contributed by atoms with Crippen LogP contribution in [0.25, 0.3) is 10.9 Å². The monoisotopic (exact) mass is 316 g/mol. The van der Waals surface area contributed by atoms with E-state index in [2.05, 4.69) is 20.2 Å². The maximum Gasteiger partial charge on any atom is 0.165 e. The highest BCUT2D eigenvalue weighted by molar-refractivity contribution is 5.90. The third kappa shape index (κ3) is 2.51. The summed E-state index contributed by atoms with van der Waals surface area (Å²) in [7, 11) is 1.46. The molecule has 0 unspecified atom stereocenters. The third-order valence-corrected chi connectivity index (χ3v) is 5.34. The molecule has 0 aliphatic carbocycles. The lowest BCUT2D eigenvalue weighted by atomic mass is 9.78. The molecule has 23 heavy (non-hydrogen) atoms. The van der Waals surface area contributed by atoms with E-state index in [-0.39, 0.29) is 11.6 Å². The molecule has 1 aromatic carbocycles. The molecule has 0 bridgehead atoms. The minimum Gasteiger partial charge on any atom is -0.494 e. The Hall–Kier alpha value is -1.95. The van der Waals surface area contributed by atoms with E-state index in [0.717, 1.165) is 55.7 Å². The molecule has 2 fully saturated rings. The summed E-state index contributed by atoms with van der Waals surface area (Å²) >= 11 is 0. The number of halogens is 1. The third-order valence-electron chi connectivity index (χ3n) is 5.34. The average Bonchev–Trinajstić information content (AvgIpc) is 3.03. The van der Waals surface area contributed by atoms with E-state index in [0.29, 0.717) is 5.41 Å². The van der Waals surface area contributed by atoms with Crippen LogP contribution < -0.4 is 15.0 Å². The van der Waals surface area contributed by atoms with Crippen molar-refractivity contribution >= 4 is 16.7 Å². The molecule has 1 aromatic heterocycles. The molecule has 5 nitrogen and oxygen atoms in total. The standard InChI is InChI=1S/C17H21FN4O/c1-23-15-9-14-12(8-13(15)18)16(21-11-20-14)22-6-3-17(4-7-22)2-5-19-10-17/h8-9,11,19H,2-7,10H2,1H3. The number of rotatable bonds is 2. The molecule has 2 aliphatic heterocycles. The van der Waals surface area contributed by atoms with Gasteiger partial charge in [-0.05, 0) is 37.3 Å². The highest BCUT2D eigenvalue weighted by Crippen LogP contribution is 2.39. The first-order valence-corrected chi connectivity index (χ1v) is 8.15. The fourth-order valence-corrected chi connectivity index (χ4v) is 3.87. The Morgan fingerprint density at radius 3 is 2.74 bits per heavy atom. The summed E-state index contributed by atoms with van der Waals surface area (Å²) in [4.78, 5) is 11.0. The van der Waals surface area contributed by atoms with Gasteiger partial charge in [0.25, 0.3) is 0 Å². The summed E-state index contributed by atoms with van der Waals surface area (Å²) in [6.07, 6.45) is 5.13. The quantitative estimate of drug-likeness (QED) is 0.922. The number of ether oxygens (including phenoxy) is 1. The van der Waals surface area contributed by atoms with Gasteiger partial charge in [0.15, 0.2) is 11.6 Å². The Morgan fingerprint density at radius 1 is 1.22 bits per heavy atom. The van der Waals surface area contributed by atoms with Gasteiger partial charge < -0.3 is 15.0 Å². The van der Waals surface area contributed by atoms with Gasteiger partial charge in [-0.15, -0.1) is 0 Å². The Morgan fingerprint density at radius 2 is 2.04 bits per heavy atom. The summed E-state index contributed by atoms with van der Waals surface area (Å²) in [5.74, 6) is 0.679. The number of piperidine rings is 1. The highest BCUT2D eigenvalue weighted by atomic mass is 19.1. The van der Waals surface area contributed by atoms with Crippen LogP contribution in [0.5, 0.6) is 5.75 Å². The van der Waals surface area contributed by atoms with Gasteiger partial charge in [-0.1, -0.05) is 0 Å². The van der Waals surface area contributed by atoms with Crippen molar-refractivity contribution in [1.29, 1.82) is 0 Å². The zero-order chi connectivity index (χ0) is 15.9. The number of nitrogens with zero attached hydrogens (tertiary/aromatic N) is 3. The van der Waals surface area contributed by atoms with E-state index < -0.39 is 0 Å². The van der Waals surface area contributed by atoms with E-state index in [1.165, 1.54) is 19.6 Å². The molecule has 2 aliphatic rings. The number of nitrogens with one attached hydrogen (secondary N) is 1.